The number of carbonyl (C=O) groups excluding carboxylic acids is 1. The first kappa shape index (κ1) is 18.2. The summed E-state index contributed by atoms with van der Waals surface area (Å²) in [6, 6.07) is 7.56. The first-order valence-electron chi connectivity index (χ1n) is 10.4. The molecule has 1 aliphatic carbocycles. The van der Waals surface area contributed by atoms with E-state index < -0.39 is 0 Å². The van der Waals surface area contributed by atoms with Gasteiger partial charge in [0.1, 0.15) is 12.4 Å². The minimum atomic E-state index is 0.0247. The number of hydrogen-bond donors (Lipinski definition) is 0. The minimum Gasteiger partial charge on any atom is -0.372 e. The van der Waals surface area contributed by atoms with Crippen LogP contribution in [0.1, 0.15) is 73.1 Å². The first-order valence-corrected chi connectivity index (χ1v) is 10.4. The summed E-state index contributed by atoms with van der Waals surface area (Å²) in [7, 11) is 0. The van der Waals surface area contributed by atoms with Crippen molar-refractivity contribution >= 4 is 6.29 Å². The third kappa shape index (κ3) is 3.51. The summed E-state index contributed by atoms with van der Waals surface area (Å²) in [5.74, 6) is 0.966. The molecule has 5 rings (SSSR count). The zero-order chi connectivity index (χ0) is 19.6. The van der Waals surface area contributed by atoms with Crippen molar-refractivity contribution in [3.63, 3.8) is 0 Å². The Kier molecular flexibility index (Phi) is 4.97. The van der Waals surface area contributed by atoms with Crippen LogP contribution >= 0.6 is 0 Å². The molecule has 1 saturated carbocycles. The van der Waals surface area contributed by atoms with E-state index >= 15 is 0 Å². The number of aldehydes is 1. The molecule has 29 heavy (non-hydrogen) atoms. The maximum Gasteiger partial charge on any atom is 0.261 e. The van der Waals surface area contributed by atoms with Crippen LogP contribution in [0.3, 0.4) is 0 Å². The summed E-state index contributed by atoms with van der Waals surface area (Å²) in [4.78, 5) is 15.5. The number of nitrogens with zero attached hydrogens (tertiary/aromatic N) is 4. The van der Waals surface area contributed by atoms with E-state index in [1.807, 2.05) is 18.3 Å². The summed E-state index contributed by atoms with van der Waals surface area (Å²) >= 11 is 0. The van der Waals surface area contributed by atoms with Gasteiger partial charge in [-0.25, -0.2) is 0 Å². The Morgan fingerprint density at radius 2 is 1.86 bits per heavy atom. The number of hydrogen-bond acceptors (Lipinski definition) is 6. The molecule has 2 aromatic heterocycles. The molecule has 0 spiro atoms. The lowest BCUT2D eigenvalue weighted by molar-refractivity contribution is 0.101. The van der Waals surface area contributed by atoms with Gasteiger partial charge in [0.25, 0.3) is 5.89 Å². The number of benzene rings is 1. The third-order valence-electron chi connectivity index (χ3n) is 5.95. The van der Waals surface area contributed by atoms with E-state index in [1.54, 1.807) is 12.1 Å². The van der Waals surface area contributed by atoms with Gasteiger partial charge in [-0.3, -0.25) is 9.48 Å². The van der Waals surface area contributed by atoms with Gasteiger partial charge < -0.3 is 9.26 Å². The molecule has 7 nitrogen and oxygen atoms in total. The van der Waals surface area contributed by atoms with E-state index in [0.717, 1.165) is 55.4 Å². The van der Waals surface area contributed by atoms with Crippen LogP contribution in [0.5, 0.6) is 0 Å². The van der Waals surface area contributed by atoms with Gasteiger partial charge in [0.2, 0.25) is 5.82 Å². The van der Waals surface area contributed by atoms with Crippen molar-refractivity contribution in [1.29, 1.82) is 0 Å². The Bertz CT molecular complexity index is 980. The highest BCUT2D eigenvalue weighted by molar-refractivity contribution is 5.76. The van der Waals surface area contributed by atoms with Crippen molar-refractivity contribution in [2.24, 2.45) is 0 Å². The highest BCUT2D eigenvalue weighted by atomic mass is 16.5. The molecule has 2 aliphatic rings. The van der Waals surface area contributed by atoms with Crippen molar-refractivity contribution < 1.29 is 14.1 Å². The normalized spacial score (nSPS) is 20.2. The first-order chi connectivity index (χ1) is 14.3. The predicted octanol–water partition coefficient (Wildman–Crippen LogP) is 4.77. The van der Waals surface area contributed by atoms with Crippen LogP contribution in [-0.4, -0.2) is 32.8 Å². The fraction of sp³-hybridized carbons (Fsp3) is 0.455. The van der Waals surface area contributed by atoms with Crippen molar-refractivity contribution in [2.45, 2.75) is 57.1 Å². The van der Waals surface area contributed by atoms with E-state index in [4.69, 9.17) is 14.4 Å². The lowest BCUT2D eigenvalue weighted by Crippen LogP contribution is -2.18. The summed E-state index contributed by atoms with van der Waals surface area (Å²) < 4.78 is 13.8. The SMILES string of the molecule is O=Cc1ccc(-c2noc(-c3cnn(C4CCCCC4)c3C3CCCO3)n2)cc1. The van der Waals surface area contributed by atoms with E-state index in [0.29, 0.717) is 23.3 Å². The largest absolute Gasteiger partial charge is 0.372 e. The molecule has 0 amide bonds. The van der Waals surface area contributed by atoms with Crippen molar-refractivity contribution in [2.75, 3.05) is 6.61 Å². The molecule has 0 N–H and O–H groups in total. The van der Waals surface area contributed by atoms with Crippen LogP contribution in [0.15, 0.2) is 35.0 Å². The van der Waals surface area contributed by atoms with Crippen molar-refractivity contribution in [3.05, 3.63) is 41.7 Å². The molecular weight excluding hydrogens is 368 g/mol. The van der Waals surface area contributed by atoms with Gasteiger partial charge in [0.05, 0.1) is 23.5 Å². The van der Waals surface area contributed by atoms with Crippen molar-refractivity contribution in [1.82, 2.24) is 19.9 Å². The average Bonchev–Trinajstić information content (AvgIpc) is 3.54. The Balaban J connectivity index is 1.51. The molecule has 150 valence electrons. The quantitative estimate of drug-likeness (QED) is 0.582. The molecular formula is C22H24N4O3. The molecule has 0 radical (unpaired) electrons. The Morgan fingerprint density at radius 1 is 1.03 bits per heavy atom. The van der Waals surface area contributed by atoms with Gasteiger partial charge in [-0.2, -0.15) is 10.1 Å². The predicted molar refractivity (Wildman–Crippen MR) is 106 cm³/mol. The molecule has 1 saturated heterocycles. The summed E-state index contributed by atoms with van der Waals surface area (Å²) in [5.41, 5.74) is 3.36. The maximum absolute atomic E-state index is 10.9. The van der Waals surface area contributed by atoms with E-state index in [9.17, 15) is 4.79 Å². The molecule has 0 bridgehead atoms. The standard InChI is InChI=1S/C22H24N4O3/c27-14-15-8-10-16(11-9-15)21-24-22(29-25-21)18-13-23-26(17-5-2-1-3-6-17)20(18)19-7-4-12-28-19/h8-11,13-14,17,19H,1-7,12H2. The molecule has 3 aromatic rings. The van der Waals surface area contributed by atoms with Crippen LogP contribution in [0.4, 0.5) is 0 Å². The highest BCUT2D eigenvalue weighted by Crippen LogP contribution is 2.39. The molecule has 7 heteroatoms. The summed E-state index contributed by atoms with van der Waals surface area (Å²) in [6.07, 6.45) is 10.8. The number of rotatable bonds is 5. The lowest BCUT2D eigenvalue weighted by atomic mass is 9.95. The van der Waals surface area contributed by atoms with Crippen LogP contribution < -0.4 is 0 Å². The summed E-state index contributed by atoms with van der Waals surface area (Å²) in [5, 5.41) is 8.89. The third-order valence-corrected chi connectivity index (χ3v) is 5.95. The van der Waals surface area contributed by atoms with Gasteiger partial charge in [0, 0.05) is 17.7 Å². The topological polar surface area (TPSA) is 83.0 Å². The van der Waals surface area contributed by atoms with Gasteiger partial charge in [-0.1, -0.05) is 48.7 Å². The fourth-order valence-electron chi connectivity index (χ4n) is 4.43. The second kappa shape index (κ2) is 7.91. The molecule has 1 atom stereocenters. The Hall–Kier alpha value is -2.80. The second-order valence-electron chi connectivity index (χ2n) is 7.84. The fourth-order valence-corrected chi connectivity index (χ4v) is 4.43. The van der Waals surface area contributed by atoms with Gasteiger partial charge >= 0.3 is 0 Å². The van der Waals surface area contributed by atoms with E-state index in [-0.39, 0.29) is 6.10 Å². The van der Waals surface area contributed by atoms with Gasteiger partial charge in [-0.15, -0.1) is 0 Å². The van der Waals surface area contributed by atoms with Crippen molar-refractivity contribution in [3.8, 4) is 22.8 Å². The lowest BCUT2D eigenvalue weighted by Gasteiger charge is -2.25. The number of aromatic nitrogens is 4. The molecule has 1 aliphatic heterocycles. The average molecular weight is 392 g/mol. The molecule has 1 unspecified atom stereocenters. The zero-order valence-electron chi connectivity index (χ0n) is 16.3. The maximum atomic E-state index is 10.9. The van der Waals surface area contributed by atoms with E-state index in [1.165, 1.54) is 19.3 Å². The molecule has 1 aromatic carbocycles. The number of ether oxygens (including phenoxy) is 1. The molecule has 3 heterocycles. The molecule has 2 fully saturated rings. The van der Waals surface area contributed by atoms with Crippen LogP contribution in [0, 0.1) is 0 Å². The smallest absolute Gasteiger partial charge is 0.261 e. The number of carbonyl (C=O) groups is 1. The van der Waals surface area contributed by atoms with Crippen LogP contribution in [0.2, 0.25) is 0 Å². The van der Waals surface area contributed by atoms with Gasteiger partial charge in [-0.05, 0) is 25.7 Å². The Labute approximate surface area is 169 Å². The van der Waals surface area contributed by atoms with Crippen LogP contribution in [0.25, 0.3) is 22.8 Å². The van der Waals surface area contributed by atoms with Gasteiger partial charge in [0.15, 0.2) is 0 Å². The van der Waals surface area contributed by atoms with Crippen LogP contribution in [-0.2, 0) is 4.74 Å². The van der Waals surface area contributed by atoms with E-state index in [2.05, 4.69) is 14.8 Å². The zero-order valence-corrected chi connectivity index (χ0v) is 16.3. The highest BCUT2D eigenvalue weighted by Gasteiger charge is 2.31. The monoisotopic (exact) mass is 392 g/mol. The summed E-state index contributed by atoms with van der Waals surface area (Å²) in [6.45, 7) is 0.776. The second-order valence-corrected chi connectivity index (χ2v) is 7.84. The Morgan fingerprint density at radius 3 is 2.59 bits per heavy atom. The minimum absolute atomic E-state index is 0.0247.